The van der Waals surface area contributed by atoms with Crippen LogP contribution in [0.3, 0.4) is 0 Å². The number of benzene rings is 1. The molecule has 3 aliphatic rings. The quantitative estimate of drug-likeness (QED) is 0.826. The van der Waals surface area contributed by atoms with E-state index < -0.39 is 10.0 Å². The summed E-state index contributed by atoms with van der Waals surface area (Å²) in [6.07, 6.45) is 3.21. The van der Waals surface area contributed by atoms with Crippen LogP contribution in [0.2, 0.25) is 0 Å². The second-order valence-electron chi connectivity index (χ2n) is 7.76. The molecule has 0 saturated carbocycles. The molecule has 148 valence electrons. The molecular formula is C19H27N3O4S. The van der Waals surface area contributed by atoms with Gasteiger partial charge in [-0.3, -0.25) is 4.79 Å². The Morgan fingerprint density at radius 2 is 1.81 bits per heavy atom. The Labute approximate surface area is 160 Å². The molecule has 3 aliphatic heterocycles. The van der Waals surface area contributed by atoms with Gasteiger partial charge in [-0.05, 0) is 49.4 Å². The molecule has 0 bridgehead atoms. The lowest BCUT2D eigenvalue weighted by Crippen LogP contribution is -2.44. The van der Waals surface area contributed by atoms with E-state index in [0.717, 1.165) is 39.0 Å². The van der Waals surface area contributed by atoms with Gasteiger partial charge >= 0.3 is 0 Å². The lowest BCUT2D eigenvalue weighted by Gasteiger charge is -2.39. The minimum atomic E-state index is -3.59. The number of nitrogens with one attached hydrogen (secondary N) is 1. The number of carbonyl (C=O) groups is 1. The Morgan fingerprint density at radius 3 is 2.48 bits per heavy atom. The van der Waals surface area contributed by atoms with E-state index >= 15 is 0 Å². The van der Waals surface area contributed by atoms with E-state index in [2.05, 4.69) is 5.32 Å². The minimum absolute atomic E-state index is 0.0742. The van der Waals surface area contributed by atoms with E-state index in [1.54, 1.807) is 18.2 Å². The van der Waals surface area contributed by atoms with Crippen molar-refractivity contribution in [1.82, 2.24) is 14.5 Å². The molecule has 0 unspecified atom stereocenters. The van der Waals surface area contributed by atoms with Crippen molar-refractivity contribution in [3.8, 4) is 0 Å². The number of piperidine rings is 1. The summed E-state index contributed by atoms with van der Waals surface area (Å²) in [5, 5.41) is 3.43. The molecule has 0 atom stereocenters. The van der Waals surface area contributed by atoms with Crippen molar-refractivity contribution in [3.05, 3.63) is 29.8 Å². The highest BCUT2D eigenvalue weighted by Gasteiger charge is 2.38. The molecule has 1 aromatic rings. The third-order valence-electron chi connectivity index (χ3n) is 6.13. The molecule has 1 aromatic carbocycles. The number of hydrogen-bond acceptors (Lipinski definition) is 5. The summed E-state index contributed by atoms with van der Waals surface area (Å²) in [6, 6.07) is 6.46. The summed E-state index contributed by atoms with van der Waals surface area (Å²) in [7, 11) is -3.59. The summed E-state index contributed by atoms with van der Waals surface area (Å²) in [6.45, 7) is 5.09. The van der Waals surface area contributed by atoms with Crippen LogP contribution in [0.5, 0.6) is 0 Å². The zero-order valence-electron chi connectivity index (χ0n) is 15.5. The van der Waals surface area contributed by atoms with Crippen LogP contribution in [-0.2, 0) is 14.8 Å². The van der Waals surface area contributed by atoms with Gasteiger partial charge in [0.05, 0.1) is 18.1 Å². The fourth-order valence-corrected chi connectivity index (χ4v) is 5.77. The molecule has 4 rings (SSSR count). The Balaban J connectivity index is 1.48. The van der Waals surface area contributed by atoms with Crippen LogP contribution in [0.1, 0.15) is 29.6 Å². The molecule has 0 aliphatic carbocycles. The zero-order chi connectivity index (χ0) is 18.9. The average molecular weight is 394 g/mol. The van der Waals surface area contributed by atoms with Crippen LogP contribution in [0, 0.1) is 5.41 Å². The van der Waals surface area contributed by atoms with Crippen molar-refractivity contribution < 1.29 is 17.9 Å². The van der Waals surface area contributed by atoms with Gasteiger partial charge in [0.25, 0.3) is 5.91 Å². The van der Waals surface area contributed by atoms with E-state index in [-0.39, 0.29) is 10.8 Å². The van der Waals surface area contributed by atoms with E-state index in [1.807, 2.05) is 4.90 Å². The molecular weight excluding hydrogens is 366 g/mol. The first-order chi connectivity index (χ1) is 13.0. The minimum Gasteiger partial charge on any atom is -0.379 e. The zero-order valence-corrected chi connectivity index (χ0v) is 16.3. The maximum absolute atomic E-state index is 12.9. The summed E-state index contributed by atoms with van der Waals surface area (Å²) >= 11 is 0. The molecule has 1 spiro atoms. The number of ether oxygens (including phenoxy) is 1. The SMILES string of the molecule is O=C(c1cccc(S(=O)(=O)N2CCOCC2)c1)N1CCC2(CCNC2)CC1. The number of rotatable bonds is 3. The maximum atomic E-state index is 12.9. The normalized spacial score (nSPS) is 23.6. The van der Waals surface area contributed by atoms with Gasteiger partial charge in [0.1, 0.15) is 0 Å². The van der Waals surface area contributed by atoms with Gasteiger partial charge in [-0.1, -0.05) is 6.07 Å². The molecule has 3 fully saturated rings. The van der Waals surface area contributed by atoms with Gasteiger partial charge < -0.3 is 15.0 Å². The van der Waals surface area contributed by atoms with Gasteiger partial charge in [-0.15, -0.1) is 0 Å². The summed E-state index contributed by atoms with van der Waals surface area (Å²) in [5.74, 6) is -0.0742. The van der Waals surface area contributed by atoms with Crippen molar-refractivity contribution >= 4 is 15.9 Å². The number of hydrogen-bond donors (Lipinski definition) is 1. The van der Waals surface area contributed by atoms with Gasteiger partial charge in [0.15, 0.2) is 0 Å². The van der Waals surface area contributed by atoms with Crippen LogP contribution in [0.25, 0.3) is 0 Å². The topological polar surface area (TPSA) is 79.0 Å². The highest BCUT2D eigenvalue weighted by molar-refractivity contribution is 7.89. The highest BCUT2D eigenvalue weighted by atomic mass is 32.2. The van der Waals surface area contributed by atoms with Crippen molar-refractivity contribution in [2.75, 3.05) is 52.5 Å². The van der Waals surface area contributed by atoms with Gasteiger partial charge in [-0.2, -0.15) is 4.31 Å². The average Bonchev–Trinajstić information content (AvgIpc) is 3.17. The van der Waals surface area contributed by atoms with Gasteiger partial charge in [0, 0.05) is 38.3 Å². The number of nitrogens with zero attached hydrogens (tertiary/aromatic N) is 2. The predicted octanol–water partition coefficient (Wildman–Crippen LogP) is 0.923. The Bertz CT molecular complexity index is 789. The Kier molecular flexibility index (Phi) is 5.24. The largest absolute Gasteiger partial charge is 0.379 e. The number of likely N-dealkylation sites (tertiary alicyclic amines) is 1. The van der Waals surface area contributed by atoms with Crippen LogP contribution < -0.4 is 5.32 Å². The van der Waals surface area contributed by atoms with Crippen molar-refractivity contribution in [3.63, 3.8) is 0 Å². The molecule has 8 heteroatoms. The second-order valence-corrected chi connectivity index (χ2v) is 9.70. The molecule has 0 aromatic heterocycles. The standard InChI is InChI=1S/C19H27N3O4S/c23-18(21-8-5-19(6-9-21)4-7-20-15-19)16-2-1-3-17(14-16)27(24,25)22-10-12-26-13-11-22/h1-3,14,20H,4-13,15H2. The molecule has 3 heterocycles. The van der Waals surface area contributed by atoms with Crippen LogP contribution in [0.4, 0.5) is 0 Å². The fourth-order valence-electron chi connectivity index (χ4n) is 4.31. The second kappa shape index (κ2) is 7.50. The van der Waals surface area contributed by atoms with Gasteiger partial charge in [-0.25, -0.2) is 8.42 Å². The molecule has 0 radical (unpaired) electrons. The highest BCUT2D eigenvalue weighted by Crippen LogP contribution is 2.37. The number of amides is 1. The van der Waals surface area contributed by atoms with E-state index in [4.69, 9.17) is 4.74 Å². The van der Waals surface area contributed by atoms with E-state index in [1.165, 1.54) is 16.8 Å². The molecule has 1 amide bonds. The Hall–Kier alpha value is -1.48. The first-order valence-electron chi connectivity index (χ1n) is 9.68. The third kappa shape index (κ3) is 3.76. The monoisotopic (exact) mass is 393 g/mol. The molecule has 1 N–H and O–H groups in total. The van der Waals surface area contributed by atoms with Crippen molar-refractivity contribution in [2.45, 2.75) is 24.2 Å². The first kappa shape index (κ1) is 18.9. The summed E-state index contributed by atoms with van der Waals surface area (Å²) in [5.41, 5.74) is 0.794. The lowest BCUT2D eigenvalue weighted by molar-refractivity contribution is 0.0607. The van der Waals surface area contributed by atoms with Crippen LogP contribution in [0.15, 0.2) is 29.2 Å². The molecule has 27 heavy (non-hydrogen) atoms. The van der Waals surface area contributed by atoms with E-state index in [9.17, 15) is 13.2 Å². The van der Waals surface area contributed by atoms with Crippen molar-refractivity contribution in [1.29, 1.82) is 0 Å². The lowest BCUT2D eigenvalue weighted by atomic mass is 9.78. The third-order valence-corrected chi connectivity index (χ3v) is 8.03. The van der Waals surface area contributed by atoms with Crippen LogP contribution >= 0.6 is 0 Å². The van der Waals surface area contributed by atoms with Gasteiger partial charge in [0.2, 0.25) is 10.0 Å². The smallest absolute Gasteiger partial charge is 0.253 e. The van der Waals surface area contributed by atoms with E-state index in [0.29, 0.717) is 37.3 Å². The maximum Gasteiger partial charge on any atom is 0.253 e. The number of morpholine rings is 1. The van der Waals surface area contributed by atoms with Crippen LogP contribution in [-0.4, -0.2) is 76.0 Å². The summed E-state index contributed by atoms with van der Waals surface area (Å²) < 4.78 is 32.4. The first-order valence-corrected chi connectivity index (χ1v) is 11.1. The summed E-state index contributed by atoms with van der Waals surface area (Å²) in [4.78, 5) is 15.0. The molecule has 3 saturated heterocycles. The fraction of sp³-hybridized carbons (Fsp3) is 0.632. The van der Waals surface area contributed by atoms with Crippen molar-refractivity contribution in [2.24, 2.45) is 5.41 Å². The predicted molar refractivity (Wildman–Crippen MR) is 101 cm³/mol. The molecule has 7 nitrogen and oxygen atoms in total. The number of carbonyl (C=O) groups excluding carboxylic acids is 1. The Morgan fingerprint density at radius 1 is 1.07 bits per heavy atom. The number of sulfonamides is 1.